The number of benzene rings is 3. The lowest BCUT2D eigenvalue weighted by Crippen LogP contribution is -2.06. The average Bonchev–Trinajstić information content (AvgIpc) is 3.03. The number of nitrogens with two attached hydrogens (primary N) is 1. The number of hydrogen-bond acceptors (Lipinski definition) is 2. The van der Waals surface area contributed by atoms with Gasteiger partial charge in [-0.05, 0) is 38.1 Å². The second-order valence-electron chi connectivity index (χ2n) is 6.33. The second-order valence-corrected chi connectivity index (χ2v) is 7.38. The first-order valence-corrected chi connectivity index (χ1v) is 8.57. The SMILES string of the molecule is Cc1ccc2sc3c(ccc4c5cc(C)ccc5n(N)c43)c2c1. The van der Waals surface area contributed by atoms with Crippen molar-refractivity contribution in [2.75, 3.05) is 5.84 Å². The van der Waals surface area contributed by atoms with E-state index in [0.29, 0.717) is 0 Å². The van der Waals surface area contributed by atoms with Gasteiger partial charge >= 0.3 is 0 Å². The summed E-state index contributed by atoms with van der Waals surface area (Å²) in [5, 5.41) is 5.10. The van der Waals surface area contributed by atoms with Gasteiger partial charge in [-0.25, -0.2) is 0 Å². The molecule has 0 fully saturated rings. The first kappa shape index (κ1) is 13.0. The number of fused-ring (bicyclic) bond motifs is 7. The number of aromatic nitrogens is 1. The summed E-state index contributed by atoms with van der Waals surface area (Å²) in [6, 6.07) is 17.6. The van der Waals surface area contributed by atoms with Gasteiger partial charge < -0.3 is 5.84 Å². The fourth-order valence-electron chi connectivity index (χ4n) is 3.59. The van der Waals surface area contributed by atoms with Crippen LogP contribution in [0.1, 0.15) is 11.1 Å². The molecule has 2 aromatic heterocycles. The zero-order chi connectivity index (χ0) is 15.7. The molecule has 5 aromatic rings. The quantitative estimate of drug-likeness (QED) is 0.376. The normalized spacial score (nSPS) is 12.1. The minimum absolute atomic E-state index is 1.09. The van der Waals surface area contributed by atoms with Crippen LogP contribution < -0.4 is 5.84 Å². The van der Waals surface area contributed by atoms with E-state index in [9.17, 15) is 0 Å². The molecule has 0 amide bonds. The molecule has 0 bridgehead atoms. The molecule has 0 aliphatic rings. The molecule has 0 unspecified atom stereocenters. The van der Waals surface area contributed by atoms with Crippen LogP contribution >= 0.6 is 11.3 Å². The second kappa shape index (κ2) is 4.27. The highest BCUT2D eigenvalue weighted by Crippen LogP contribution is 2.41. The van der Waals surface area contributed by atoms with Crippen molar-refractivity contribution in [2.24, 2.45) is 0 Å². The highest BCUT2D eigenvalue weighted by molar-refractivity contribution is 7.26. The standard InChI is InChI=1S/C20H16N2S/c1-11-3-7-17-15(9-11)13-5-6-14-16-10-12(2)4-8-18(16)23-20(14)19(13)22(17)21/h3-10H,21H2,1-2H3. The average molecular weight is 316 g/mol. The molecule has 112 valence electrons. The molecule has 0 aliphatic heterocycles. The molecule has 2 heterocycles. The van der Waals surface area contributed by atoms with Gasteiger partial charge in [0.2, 0.25) is 0 Å². The topological polar surface area (TPSA) is 30.9 Å². The predicted molar refractivity (Wildman–Crippen MR) is 102 cm³/mol. The molecule has 0 radical (unpaired) electrons. The summed E-state index contributed by atoms with van der Waals surface area (Å²) in [6.45, 7) is 4.27. The number of aryl methyl sites for hydroxylation is 2. The largest absolute Gasteiger partial charge is 0.339 e. The molecule has 3 heteroatoms. The van der Waals surface area contributed by atoms with E-state index >= 15 is 0 Å². The predicted octanol–water partition coefficient (Wildman–Crippen LogP) is 5.49. The van der Waals surface area contributed by atoms with Gasteiger partial charge in [0.15, 0.2) is 0 Å². The Morgan fingerprint density at radius 3 is 2.30 bits per heavy atom. The van der Waals surface area contributed by atoms with E-state index < -0.39 is 0 Å². The monoisotopic (exact) mass is 316 g/mol. The van der Waals surface area contributed by atoms with Gasteiger partial charge in [0.05, 0.1) is 15.7 Å². The zero-order valence-corrected chi connectivity index (χ0v) is 13.9. The van der Waals surface area contributed by atoms with Crippen LogP contribution in [0.3, 0.4) is 0 Å². The molecular formula is C20H16N2S. The van der Waals surface area contributed by atoms with Crippen LogP contribution in [0.15, 0.2) is 48.5 Å². The summed E-state index contributed by atoms with van der Waals surface area (Å²) in [5.74, 6) is 6.47. The smallest absolute Gasteiger partial charge is 0.0882 e. The number of hydrogen-bond donors (Lipinski definition) is 1. The van der Waals surface area contributed by atoms with E-state index in [-0.39, 0.29) is 0 Å². The summed E-state index contributed by atoms with van der Waals surface area (Å²) in [5.41, 5.74) is 4.78. The Hall–Kier alpha value is -2.52. The van der Waals surface area contributed by atoms with Gasteiger partial charge in [0.25, 0.3) is 0 Å². The van der Waals surface area contributed by atoms with Crippen LogP contribution in [0.2, 0.25) is 0 Å². The van der Waals surface area contributed by atoms with Crippen molar-refractivity contribution >= 4 is 53.3 Å². The molecule has 5 rings (SSSR count). The van der Waals surface area contributed by atoms with Crippen LogP contribution in [-0.2, 0) is 0 Å². The Labute approximate surface area is 137 Å². The first-order valence-electron chi connectivity index (χ1n) is 7.75. The third-order valence-corrected chi connectivity index (χ3v) is 5.90. The number of nitrogens with zero attached hydrogens (tertiary/aromatic N) is 1. The van der Waals surface area contributed by atoms with Crippen molar-refractivity contribution in [3.05, 3.63) is 59.7 Å². The maximum atomic E-state index is 6.47. The highest BCUT2D eigenvalue weighted by atomic mass is 32.1. The molecule has 0 aliphatic carbocycles. The molecule has 0 saturated carbocycles. The molecule has 0 saturated heterocycles. The molecule has 2 N–H and O–H groups in total. The minimum Gasteiger partial charge on any atom is -0.339 e. The Morgan fingerprint density at radius 2 is 1.48 bits per heavy atom. The molecule has 23 heavy (non-hydrogen) atoms. The lowest BCUT2D eigenvalue weighted by atomic mass is 10.1. The number of rotatable bonds is 0. The van der Waals surface area contributed by atoms with Gasteiger partial charge in [0.1, 0.15) is 0 Å². The molecule has 0 spiro atoms. The summed E-state index contributed by atoms with van der Waals surface area (Å²) in [6.07, 6.45) is 0. The zero-order valence-electron chi connectivity index (χ0n) is 13.1. The lowest BCUT2D eigenvalue weighted by Gasteiger charge is -1.99. The Morgan fingerprint density at radius 1 is 0.783 bits per heavy atom. The van der Waals surface area contributed by atoms with E-state index in [1.54, 1.807) is 0 Å². The van der Waals surface area contributed by atoms with Crippen molar-refractivity contribution in [3.63, 3.8) is 0 Å². The number of thiophene rings is 1. The number of nitrogen functional groups attached to an aromatic ring is 1. The van der Waals surface area contributed by atoms with Crippen molar-refractivity contribution in [1.29, 1.82) is 0 Å². The Bertz CT molecular complexity index is 1240. The molecular weight excluding hydrogens is 300 g/mol. The molecule has 2 nitrogen and oxygen atoms in total. The van der Waals surface area contributed by atoms with E-state index in [0.717, 1.165) is 11.0 Å². The minimum atomic E-state index is 1.09. The first-order chi connectivity index (χ1) is 11.1. The van der Waals surface area contributed by atoms with Gasteiger partial charge in [-0.1, -0.05) is 35.4 Å². The van der Waals surface area contributed by atoms with Crippen molar-refractivity contribution < 1.29 is 0 Å². The van der Waals surface area contributed by atoms with Gasteiger partial charge in [0, 0.05) is 26.2 Å². The fraction of sp³-hybridized carbons (Fsp3) is 0.100. The van der Waals surface area contributed by atoms with Gasteiger partial charge in [-0.15, -0.1) is 11.3 Å². The van der Waals surface area contributed by atoms with E-state index in [4.69, 9.17) is 5.84 Å². The molecule has 0 atom stereocenters. The lowest BCUT2D eigenvalue weighted by molar-refractivity contribution is 1.13. The van der Waals surface area contributed by atoms with E-state index in [2.05, 4.69) is 62.4 Å². The fourth-order valence-corrected chi connectivity index (χ4v) is 4.82. The van der Waals surface area contributed by atoms with Gasteiger partial charge in [-0.2, -0.15) is 0 Å². The van der Waals surface area contributed by atoms with Crippen LogP contribution in [0, 0.1) is 13.8 Å². The van der Waals surface area contributed by atoms with Crippen molar-refractivity contribution in [2.45, 2.75) is 13.8 Å². The van der Waals surface area contributed by atoms with Crippen molar-refractivity contribution in [1.82, 2.24) is 4.68 Å². The van der Waals surface area contributed by atoms with Crippen LogP contribution in [0.4, 0.5) is 0 Å². The van der Waals surface area contributed by atoms with Gasteiger partial charge in [-0.3, -0.25) is 4.68 Å². The van der Waals surface area contributed by atoms with Crippen LogP contribution in [-0.4, -0.2) is 4.68 Å². The maximum absolute atomic E-state index is 6.47. The van der Waals surface area contributed by atoms with E-state index in [1.165, 1.54) is 42.1 Å². The summed E-state index contributed by atoms with van der Waals surface area (Å²) >= 11 is 1.83. The van der Waals surface area contributed by atoms with E-state index in [1.807, 2.05) is 16.0 Å². The Balaban J connectivity index is 2.07. The van der Waals surface area contributed by atoms with Crippen molar-refractivity contribution in [3.8, 4) is 0 Å². The summed E-state index contributed by atoms with van der Waals surface area (Å²) in [4.78, 5) is 0. The summed E-state index contributed by atoms with van der Waals surface area (Å²) in [7, 11) is 0. The third kappa shape index (κ3) is 1.63. The summed E-state index contributed by atoms with van der Waals surface area (Å²) < 4.78 is 4.45. The van der Waals surface area contributed by atoms with Crippen LogP contribution in [0.25, 0.3) is 42.0 Å². The maximum Gasteiger partial charge on any atom is 0.0882 e. The Kier molecular flexibility index (Phi) is 2.41. The highest BCUT2D eigenvalue weighted by Gasteiger charge is 2.15. The van der Waals surface area contributed by atoms with Crippen LogP contribution in [0.5, 0.6) is 0 Å². The third-order valence-electron chi connectivity index (χ3n) is 4.71. The molecule has 3 aromatic carbocycles.